The van der Waals surface area contributed by atoms with Crippen LogP contribution in [0.3, 0.4) is 0 Å². The number of carbonyl (C=O) groups excluding carboxylic acids is 1. The molecule has 4 nitrogen and oxygen atoms in total. The van der Waals surface area contributed by atoms with E-state index in [1.807, 2.05) is 0 Å². The number of rotatable bonds is 7. The van der Waals surface area contributed by atoms with Crippen LogP contribution < -0.4 is 4.74 Å². The minimum atomic E-state index is -0.602. The second-order valence-corrected chi connectivity index (χ2v) is 5.32. The molecule has 1 amide bonds. The average molecular weight is 295 g/mol. The lowest BCUT2D eigenvalue weighted by molar-refractivity contribution is -0.138. The van der Waals surface area contributed by atoms with E-state index in [-0.39, 0.29) is 18.3 Å². The summed E-state index contributed by atoms with van der Waals surface area (Å²) in [7, 11) is 0. The molecule has 0 bridgehead atoms. The third kappa shape index (κ3) is 3.94. The minimum Gasteiger partial charge on any atom is -0.480 e. The van der Waals surface area contributed by atoms with Crippen LogP contribution in [-0.2, 0) is 11.2 Å². The molecule has 1 aromatic carbocycles. The number of aliphatic hydroxyl groups is 1. The Morgan fingerprint density at radius 2 is 2.24 bits per heavy atom. The molecule has 116 valence electrons. The molecule has 21 heavy (non-hydrogen) atoms. The molecule has 0 saturated heterocycles. The first kappa shape index (κ1) is 15.8. The highest BCUT2D eigenvalue weighted by Gasteiger charge is 2.32. The van der Waals surface area contributed by atoms with Gasteiger partial charge in [0.15, 0.2) is 6.10 Å². The van der Waals surface area contributed by atoms with Crippen molar-refractivity contribution in [2.75, 3.05) is 19.7 Å². The molecule has 1 aliphatic heterocycles. The maximum atomic E-state index is 13.2. The van der Waals surface area contributed by atoms with E-state index in [1.54, 1.807) is 11.0 Å². The van der Waals surface area contributed by atoms with Gasteiger partial charge in [-0.2, -0.15) is 0 Å². The van der Waals surface area contributed by atoms with Crippen LogP contribution in [0.25, 0.3) is 0 Å². The molecule has 0 spiro atoms. The predicted octanol–water partition coefficient (Wildman–Crippen LogP) is 2.14. The zero-order valence-electron chi connectivity index (χ0n) is 12.3. The van der Waals surface area contributed by atoms with Gasteiger partial charge in [-0.15, -0.1) is 0 Å². The molecule has 2 rings (SSSR count). The first-order valence-electron chi connectivity index (χ1n) is 7.50. The van der Waals surface area contributed by atoms with Crippen LogP contribution >= 0.6 is 0 Å². The molecule has 1 N–H and O–H groups in total. The highest BCUT2D eigenvalue weighted by atomic mass is 19.1. The van der Waals surface area contributed by atoms with Crippen LogP contribution in [0.4, 0.5) is 4.39 Å². The number of halogens is 1. The molecule has 1 aliphatic rings. The summed E-state index contributed by atoms with van der Waals surface area (Å²) >= 11 is 0. The van der Waals surface area contributed by atoms with E-state index >= 15 is 0 Å². The Kier molecular flexibility index (Phi) is 5.56. The zero-order valence-corrected chi connectivity index (χ0v) is 12.3. The summed E-state index contributed by atoms with van der Waals surface area (Å²) in [6, 6.07) is 4.31. The number of amides is 1. The van der Waals surface area contributed by atoms with Crippen LogP contribution in [0.5, 0.6) is 5.75 Å². The Balaban J connectivity index is 1.98. The molecule has 1 unspecified atom stereocenters. The van der Waals surface area contributed by atoms with Crippen molar-refractivity contribution in [2.24, 2.45) is 0 Å². The van der Waals surface area contributed by atoms with E-state index in [9.17, 15) is 9.18 Å². The Morgan fingerprint density at radius 3 is 2.95 bits per heavy atom. The quantitative estimate of drug-likeness (QED) is 0.784. The Morgan fingerprint density at radius 1 is 1.43 bits per heavy atom. The maximum absolute atomic E-state index is 13.2. The van der Waals surface area contributed by atoms with Crippen molar-refractivity contribution >= 4 is 5.91 Å². The average Bonchev–Trinajstić information content (AvgIpc) is 2.88. The molecule has 0 aromatic heterocycles. The van der Waals surface area contributed by atoms with Gasteiger partial charge in [0.1, 0.15) is 11.6 Å². The number of benzene rings is 1. The van der Waals surface area contributed by atoms with Gasteiger partial charge in [-0.3, -0.25) is 4.79 Å². The first-order chi connectivity index (χ1) is 10.2. The van der Waals surface area contributed by atoms with Crippen LogP contribution in [0.15, 0.2) is 18.2 Å². The SMILES string of the molecule is CCCCCN(CCO)C(=O)C1Cc2cc(F)ccc2O1. The monoisotopic (exact) mass is 295 g/mol. The van der Waals surface area contributed by atoms with Gasteiger partial charge in [-0.25, -0.2) is 4.39 Å². The fourth-order valence-corrected chi connectivity index (χ4v) is 2.56. The largest absolute Gasteiger partial charge is 0.480 e. The zero-order chi connectivity index (χ0) is 15.2. The van der Waals surface area contributed by atoms with Crippen molar-refractivity contribution in [3.05, 3.63) is 29.6 Å². The highest BCUT2D eigenvalue weighted by Crippen LogP contribution is 2.30. The third-order valence-corrected chi connectivity index (χ3v) is 3.69. The van der Waals surface area contributed by atoms with Gasteiger partial charge in [-0.05, 0) is 24.6 Å². The number of ether oxygens (including phenoxy) is 1. The molecule has 0 radical (unpaired) electrons. The normalized spacial score (nSPS) is 16.4. The van der Waals surface area contributed by atoms with E-state index < -0.39 is 6.10 Å². The van der Waals surface area contributed by atoms with Crippen molar-refractivity contribution in [1.82, 2.24) is 4.90 Å². The number of aliphatic hydroxyl groups excluding tert-OH is 1. The number of hydrogen-bond donors (Lipinski definition) is 1. The van der Waals surface area contributed by atoms with Gasteiger partial charge in [-0.1, -0.05) is 19.8 Å². The molecular weight excluding hydrogens is 273 g/mol. The van der Waals surface area contributed by atoms with Gasteiger partial charge in [0.2, 0.25) is 0 Å². The summed E-state index contributed by atoms with van der Waals surface area (Å²) in [5.41, 5.74) is 0.728. The fraction of sp³-hybridized carbons (Fsp3) is 0.562. The maximum Gasteiger partial charge on any atom is 0.264 e. The second kappa shape index (κ2) is 7.41. The van der Waals surface area contributed by atoms with Crippen LogP contribution in [-0.4, -0.2) is 41.7 Å². The van der Waals surface area contributed by atoms with Crippen LogP contribution in [0.1, 0.15) is 31.7 Å². The molecule has 1 heterocycles. The van der Waals surface area contributed by atoms with Crippen molar-refractivity contribution < 1.29 is 19.0 Å². The number of fused-ring (bicyclic) bond motifs is 1. The molecule has 1 atom stereocenters. The fourth-order valence-electron chi connectivity index (χ4n) is 2.56. The molecular formula is C16H22FNO3. The van der Waals surface area contributed by atoms with Crippen LogP contribution in [0, 0.1) is 5.82 Å². The lowest BCUT2D eigenvalue weighted by Gasteiger charge is -2.24. The Hall–Kier alpha value is -1.62. The van der Waals surface area contributed by atoms with Gasteiger partial charge in [0.25, 0.3) is 5.91 Å². The van der Waals surface area contributed by atoms with E-state index in [2.05, 4.69) is 6.92 Å². The molecule has 5 heteroatoms. The summed E-state index contributed by atoms with van der Waals surface area (Å²) in [5.74, 6) is 0.129. The third-order valence-electron chi connectivity index (χ3n) is 3.69. The van der Waals surface area contributed by atoms with E-state index in [4.69, 9.17) is 9.84 Å². The van der Waals surface area contributed by atoms with Gasteiger partial charge in [0, 0.05) is 25.1 Å². The van der Waals surface area contributed by atoms with Crippen molar-refractivity contribution in [3.8, 4) is 5.75 Å². The topological polar surface area (TPSA) is 49.8 Å². The predicted molar refractivity (Wildman–Crippen MR) is 77.7 cm³/mol. The van der Waals surface area contributed by atoms with Gasteiger partial charge in [0.05, 0.1) is 6.61 Å². The minimum absolute atomic E-state index is 0.0633. The Bertz CT molecular complexity index is 492. The van der Waals surface area contributed by atoms with Crippen molar-refractivity contribution in [3.63, 3.8) is 0 Å². The van der Waals surface area contributed by atoms with E-state index in [0.29, 0.717) is 25.3 Å². The van der Waals surface area contributed by atoms with E-state index in [0.717, 1.165) is 24.8 Å². The number of unbranched alkanes of at least 4 members (excludes halogenated alkanes) is 2. The summed E-state index contributed by atoms with van der Waals surface area (Å²) in [6.45, 7) is 2.97. The summed E-state index contributed by atoms with van der Waals surface area (Å²) in [6.07, 6.45) is 2.82. The molecule has 0 fully saturated rings. The number of nitrogens with zero attached hydrogens (tertiary/aromatic N) is 1. The smallest absolute Gasteiger partial charge is 0.264 e. The number of hydrogen-bond acceptors (Lipinski definition) is 3. The summed E-state index contributed by atoms with van der Waals surface area (Å²) < 4.78 is 18.8. The lowest BCUT2D eigenvalue weighted by Crippen LogP contribution is -2.43. The molecule has 0 saturated carbocycles. The Labute approximate surface area is 124 Å². The van der Waals surface area contributed by atoms with Gasteiger partial charge < -0.3 is 14.7 Å². The van der Waals surface area contributed by atoms with Crippen LogP contribution in [0.2, 0.25) is 0 Å². The molecule has 1 aromatic rings. The number of carbonyl (C=O) groups is 1. The molecule has 0 aliphatic carbocycles. The lowest BCUT2D eigenvalue weighted by atomic mass is 10.1. The van der Waals surface area contributed by atoms with Crippen molar-refractivity contribution in [1.29, 1.82) is 0 Å². The second-order valence-electron chi connectivity index (χ2n) is 5.32. The summed E-state index contributed by atoms with van der Waals surface area (Å²) in [5, 5.41) is 9.11. The first-order valence-corrected chi connectivity index (χ1v) is 7.50. The van der Waals surface area contributed by atoms with Gasteiger partial charge >= 0.3 is 0 Å². The van der Waals surface area contributed by atoms with E-state index in [1.165, 1.54) is 12.1 Å². The summed E-state index contributed by atoms with van der Waals surface area (Å²) in [4.78, 5) is 14.1. The van der Waals surface area contributed by atoms with Crippen molar-refractivity contribution in [2.45, 2.75) is 38.7 Å². The highest BCUT2D eigenvalue weighted by molar-refractivity contribution is 5.82. The standard InChI is InChI=1S/C16H22FNO3/c1-2-3-4-7-18(8-9-19)16(20)15-11-12-10-13(17)5-6-14(12)21-15/h5-6,10,15,19H,2-4,7-9,11H2,1H3.